The van der Waals surface area contributed by atoms with E-state index in [4.69, 9.17) is 0 Å². The van der Waals surface area contributed by atoms with Gasteiger partial charge in [0.05, 0.1) is 10.5 Å². The molecule has 0 unspecified atom stereocenters. The maximum atomic E-state index is 13.4. The van der Waals surface area contributed by atoms with Crippen molar-refractivity contribution in [2.75, 3.05) is 0 Å². The van der Waals surface area contributed by atoms with Gasteiger partial charge in [0, 0.05) is 11.4 Å². The monoisotopic (exact) mass is 339 g/mol. The van der Waals surface area contributed by atoms with Crippen LogP contribution in [0.15, 0.2) is 16.6 Å². The Morgan fingerprint density at radius 3 is 2.11 bits per heavy atom. The molecule has 0 saturated carbocycles. The molecule has 6 heteroatoms. The topological polar surface area (TPSA) is 35.1 Å². The van der Waals surface area contributed by atoms with Crippen LogP contribution < -0.4 is 4.72 Å². The SMILES string of the molecule is C[C@@H](N[S@+]([O-])C(C)(C)C)c1cc(F)c(Br)c(F)c1. The summed E-state index contributed by atoms with van der Waals surface area (Å²) in [6.07, 6.45) is 0. The Hall–Kier alpha value is -0.170. The predicted molar refractivity (Wildman–Crippen MR) is 73.5 cm³/mol. The van der Waals surface area contributed by atoms with E-state index in [1.165, 1.54) is 12.1 Å². The van der Waals surface area contributed by atoms with E-state index in [-0.39, 0.29) is 4.47 Å². The van der Waals surface area contributed by atoms with Gasteiger partial charge in [0.15, 0.2) is 0 Å². The molecule has 0 radical (unpaired) electrons. The molecule has 2 nitrogen and oxygen atoms in total. The number of nitrogens with one attached hydrogen (secondary N) is 1. The van der Waals surface area contributed by atoms with Crippen LogP contribution in [0.2, 0.25) is 0 Å². The van der Waals surface area contributed by atoms with Crippen molar-refractivity contribution in [1.82, 2.24) is 4.72 Å². The van der Waals surface area contributed by atoms with Crippen LogP contribution in [0.3, 0.4) is 0 Å². The van der Waals surface area contributed by atoms with E-state index in [9.17, 15) is 13.3 Å². The molecule has 0 bridgehead atoms. The smallest absolute Gasteiger partial charge is 0.140 e. The Morgan fingerprint density at radius 2 is 1.72 bits per heavy atom. The summed E-state index contributed by atoms with van der Waals surface area (Å²) in [6.45, 7) is 7.19. The fraction of sp³-hybridized carbons (Fsp3) is 0.500. The number of benzene rings is 1. The van der Waals surface area contributed by atoms with E-state index in [1.807, 2.05) is 20.8 Å². The van der Waals surface area contributed by atoms with Crippen LogP contribution >= 0.6 is 15.9 Å². The van der Waals surface area contributed by atoms with Gasteiger partial charge in [-0.05, 0) is 61.3 Å². The lowest BCUT2D eigenvalue weighted by molar-refractivity contribution is 0.526. The van der Waals surface area contributed by atoms with Crippen LogP contribution in [0.25, 0.3) is 0 Å². The molecule has 0 saturated heterocycles. The first-order valence-corrected chi connectivity index (χ1v) is 7.39. The molecule has 1 N–H and O–H groups in total. The highest BCUT2D eigenvalue weighted by molar-refractivity contribution is 9.10. The first-order valence-electron chi connectivity index (χ1n) is 5.45. The third-order valence-corrected chi connectivity index (χ3v) is 4.78. The van der Waals surface area contributed by atoms with Gasteiger partial charge in [-0.3, -0.25) is 0 Å². The molecule has 0 heterocycles. The van der Waals surface area contributed by atoms with Crippen molar-refractivity contribution >= 4 is 27.3 Å². The summed E-state index contributed by atoms with van der Waals surface area (Å²) in [5, 5.41) is 0. The summed E-state index contributed by atoms with van der Waals surface area (Å²) < 4.78 is 40.9. The predicted octanol–water partition coefficient (Wildman–Crippen LogP) is 3.84. The molecule has 102 valence electrons. The number of hydrogen-bond donors (Lipinski definition) is 1. The van der Waals surface area contributed by atoms with Crippen LogP contribution in [0.5, 0.6) is 0 Å². The summed E-state index contributed by atoms with van der Waals surface area (Å²) in [5.74, 6) is -1.33. The van der Waals surface area contributed by atoms with Gasteiger partial charge in [-0.25, -0.2) is 8.78 Å². The van der Waals surface area contributed by atoms with Crippen molar-refractivity contribution in [2.45, 2.75) is 38.5 Å². The average Bonchev–Trinajstić information content (AvgIpc) is 2.23. The lowest BCUT2D eigenvalue weighted by atomic mass is 10.1. The van der Waals surface area contributed by atoms with Gasteiger partial charge in [-0.15, -0.1) is 4.72 Å². The molecule has 1 aromatic rings. The second kappa shape index (κ2) is 5.86. The Kier molecular flexibility index (Phi) is 5.17. The average molecular weight is 340 g/mol. The summed E-state index contributed by atoms with van der Waals surface area (Å²) in [4.78, 5) is 0. The normalized spacial score (nSPS) is 15.6. The van der Waals surface area contributed by atoms with Gasteiger partial charge in [0.25, 0.3) is 0 Å². The van der Waals surface area contributed by atoms with Gasteiger partial charge in [0.2, 0.25) is 0 Å². The van der Waals surface area contributed by atoms with Crippen molar-refractivity contribution in [2.24, 2.45) is 0 Å². The molecule has 18 heavy (non-hydrogen) atoms. The van der Waals surface area contributed by atoms with E-state index in [0.29, 0.717) is 5.56 Å². The highest BCUT2D eigenvalue weighted by atomic mass is 79.9. The lowest BCUT2D eigenvalue weighted by Crippen LogP contribution is -2.40. The molecule has 0 aliphatic carbocycles. The van der Waals surface area contributed by atoms with Crippen LogP contribution in [-0.4, -0.2) is 9.30 Å². The van der Waals surface area contributed by atoms with Gasteiger partial charge in [0.1, 0.15) is 16.4 Å². The van der Waals surface area contributed by atoms with Crippen molar-refractivity contribution in [3.05, 3.63) is 33.8 Å². The number of rotatable bonds is 3. The maximum absolute atomic E-state index is 13.4. The van der Waals surface area contributed by atoms with Crippen LogP contribution in [-0.2, 0) is 11.4 Å². The fourth-order valence-corrected chi connectivity index (χ4v) is 2.27. The van der Waals surface area contributed by atoms with E-state index in [0.717, 1.165) is 0 Å². The molecular formula is C12H16BrF2NOS. The second-order valence-corrected chi connectivity index (χ2v) is 7.81. The second-order valence-electron chi connectivity index (χ2n) is 5.02. The Labute approximate surface area is 118 Å². The quantitative estimate of drug-likeness (QED) is 0.670. The zero-order valence-electron chi connectivity index (χ0n) is 10.7. The highest BCUT2D eigenvalue weighted by Crippen LogP contribution is 2.25. The van der Waals surface area contributed by atoms with Crippen molar-refractivity contribution in [3.8, 4) is 0 Å². The van der Waals surface area contributed by atoms with E-state index in [1.54, 1.807) is 6.92 Å². The maximum Gasteiger partial charge on any atom is 0.140 e. The Morgan fingerprint density at radius 1 is 1.28 bits per heavy atom. The van der Waals surface area contributed by atoms with E-state index < -0.39 is 33.8 Å². The first-order chi connectivity index (χ1) is 8.12. The molecule has 0 aliphatic rings. The summed E-state index contributed by atoms with van der Waals surface area (Å²) in [7, 11) is 0. The van der Waals surface area contributed by atoms with Gasteiger partial charge >= 0.3 is 0 Å². The summed E-state index contributed by atoms with van der Waals surface area (Å²) in [5.41, 5.74) is 0.422. The highest BCUT2D eigenvalue weighted by Gasteiger charge is 2.28. The molecule has 0 aromatic heterocycles. The van der Waals surface area contributed by atoms with Gasteiger partial charge < -0.3 is 4.55 Å². The minimum Gasteiger partial charge on any atom is -0.598 e. The third kappa shape index (κ3) is 3.91. The van der Waals surface area contributed by atoms with Gasteiger partial charge in [-0.2, -0.15) is 0 Å². The van der Waals surface area contributed by atoms with Crippen molar-refractivity contribution in [3.63, 3.8) is 0 Å². The molecule has 0 spiro atoms. The van der Waals surface area contributed by atoms with E-state index in [2.05, 4.69) is 20.7 Å². The zero-order valence-corrected chi connectivity index (χ0v) is 13.1. The molecule has 0 aliphatic heterocycles. The third-order valence-electron chi connectivity index (χ3n) is 2.35. The van der Waals surface area contributed by atoms with Crippen molar-refractivity contribution < 1.29 is 13.3 Å². The van der Waals surface area contributed by atoms with E-state index >= 15 is 0 Å². The zero-order chi connectivity index (χ0) is 14.1. The molecule has 0 fully saturated rings. The number of hydrogen-bond acceptors (Lipinski definition) is 2. The van der Waals surface area contributed by atoms with Crippen LogP contribution in [0.1, 0.15) is 39.3 Å². The largest absolute Gasteiger partial charge is 0.598 e. The Balaban J connectivity index is 2.88. The Bertz CT molecular complexity index is 414. The lowest BCUT2D eigenvalue weighted by Gasteiger charge is -2.26. The standard InChI is InChI=1S/C12H16BrF2NOS/c1-7(16-18(17)12(2,3)4)8-5-9(14)11(13)10(15)6-8/h5-7,16H,1-4H3/t7-,18-/m1/s1. The molecule has 0 amide bonds. The minimum absolute atomic E-state index is 0.185. The molecular weight excluding hydrogens is 324 g/mol. The molecule has 1 aromatic carbocycles. The van der Waals surface area contributed by atoms with Gasteiger partial charge in [-0.1, -0.05) is 0 Å². The first kappa shape index (κ1) is 15.9. The van der Waals surface area contributed by atoms with Crippen LogP contribution in [0.4, 0.5) is 8.78 Å². The summed E-state index contributed by atoms with van der Waals surface area (Å²) >= 11 is 1.52. The molecule has 2 atom stereocenters. The number of halogens is 3. The minimum atomic E-state index is -1.29. The summed E-state index contributed by atoms with van der Waals surface area (Å²) in [6, 6.07) is 2.05. The van der Waals surface area contributed by atoms with Crippen molar-refractivity contribution in [1.29, 1.82) is 0 Å². The molecule has 1 rings (SSSR count). The van der Waals surface area contributed by atoms with Crippen LogP contribution in [0, 0.1) is 11.6 Å². The fourth-order valence-electron chi connectivity index (χ4n) is 1.23.